The molecule has 0 aliphatic rings. The average molecular weight is 352 g/mol. The van der Waals surface area contributed by atoms with Gasteiger partial charge in [0.25, 0.3) is 0 Å². The molecule has 0 aliphatic carbocycles. The van der Waals surface area contributed by atoms with E-state index in [4.69, 9.17) is 20.5 Å². The molecule has 1 unspecified atom stereocenters. The predicted octanol–water partition coefficient (Wildman–Crippen LogP) is 0.608. The summed E-state index contributed by atoms with van der Waals surface area (Å²) in [6, 6.07) is 10.0. The van der Waals surface area contributed by atoms with Crippen LogP contribution in [0.15, 0.2) is 30.3 Å². The molecular weight excluding hydrogens is 323 g/mol. The average Bonchev–Trinajstić information content (AvgIpc) is 2.58. The van der Waals surface area contributed by atoms with Gasteiger partial charge in [0.1, 0.15) is 5.54 Å². The molecule has 140 valence electrons. The molecule has 0 radical (unpaired) electrons. The summed E-state index contributed by atoms with van der Waals surface area (Å²) in [6.45, 7) is 2.20. The number of ether oxygens (including phenoxy) is 1. The Kier molecular flexibility index (Phi) is 10.4. The van der Waals surface area contributed by atoms with Crippen molar-refractivity contribution in [3.8, 4) is 0 Å². The number of hydrogen-bond donors (Lipinski definition) is 5. The molecule has 6 N–H and O–H groups in total. The van der Waals surface area contributed by atoms with Gasteiger partial charge in [-0.05, 0) is 24.7 Å². The number of hydrogen-bond acceptors (Lipinski definition) is 6. The highest BCUT2D eigenvalue weighted by atomic mass is 16.5. The molecule has 0 bridgehead atoms. The van der Waals surface area contributed by atoms with Crippen LogP contribution >= 0.6 is 0 Å². The van der Waals surface area contributed by atoms with E-state index in [0.717, 1.165) is 6.54 Å². The third-order valence-electron chi connectivity index (χ3n) is 4.05. The summed E-state index contributed by atoms with van der Waals surface area (Å²) in [5, 5.41) is 30.2. The van der Waals surface area contributed by atoms with Crippen LogP contribution in [-0.4, -0.2) is 53.5 Å². The van der Waals surface area contributed by atoms with Crippen LogP contribution in [-0.2, 0) is 16.1 Å². The number of benzene rings is 1. The van der Waals surface area contributed by atoms with Crippen molar-refractivity contribution in [2.45, 2.75) is 44.1 Å². The molecule has 0 amide bonds. The molecular formula is C17H29BN2O5. The quantitative estimate of drug-likeness (QED) is 0.245. The molecule has 1 aromatic carbocycles. The SMILES string of the molecule is NC(CCCCB(O)O)(CCOCCNCc1ccccc1)C(=O)O. The largest absolute Gasteiger partial charge is 0.480 e. The molecule has 0 aromatic heterocycles. The van der Waals surface area contributed by atoms with Gasteiger partial charge < -0.3 is 30.9 Å². The number of rotatable bonds is 14. The monoisotopic (exact) mass is 352 g/mol. The fraction of sp³-hybridized carbons (Fsp3) is 0.588. The first-order valence-electron chi connectivity index (χ1n) is 8.65. The third-order valence-corrected chi connectivity index (χ3v) is 4.05. The topological polar surface area (TPSA) is 125 Å². The first-order chi connectivity index (χ1) is 11.9. The van der Waals surface area contributed by atoms with Crippen molar-refractivity contribution < 1.29 is 24.7 Å². The van der Waals surface area contributed by atoms with Gasteiger partial charge >= 0.3 is 13.1 Å². The van der Waals surface area contributed by atoms with Crippen LogP contribution in [0.1, 0.15) is 31.2 Å². The zero-order valence-electron chi connectivity index (χ0n) is 14.6. The van der Waals surface area contributed by atoms with Crippen LogP contribution < -0.4 is 11.1 Å². The van der Waals surface area contributed by atoms with E-state index in [1.165, 1.54) is 5.56 Å². The summed E-state index contributed by atoms with van der Waals surface area (Å²) < 4.78 is 5.48. The lowest BCUT2D eigenvalue weighted by Gasteiger charge is -2.24. The van der Waals surface area contributed by atoms with Gasteiger partial charge in [-0.15, -0.1) is 0 Å². The third kappa shape index (κ3) is 9.57. The minimum atomic E-state index is -1.36. The Morgan fingerprint density at radius 3 is 2.52 bits per heavy atom. The first-order valence-corrected chi connectivity index (χ1v) is 8.65. The van der Waals surface area contributed by atoms with E-state index >= 15 is 0 Å². The van der Waals surface area contributed by atoms with Gasteiger partial charge in [-0.1, -0.05) is 43.2 Å². The maximum Gasteiger partial charge on any atom is 0.451 e. The highest BCUT2D eigenvalue weighted by Gasteiger charge is 2.33. The fourth-order valence-electron chi connectivity index (χ4n) is 2.44. The highest BCUT2D eigenvalue weighted by Crippen LogP contribution is 2.17. The molecule has 0 spiro atoms. The van der Waals surface area contributed by atoms with Crippen LogP contribution in [0, 0.1) is 0 Å². The van der Waals surface area contributed by atoms with Crippen molar-refractivity contribution in [2.75, 3.05) is 19.8 Å². The van der Waals surface area contributed by atoms with Gasteiger partial charge in [-0.25, -0.2) is 0 Å². The van der Waals surface area contributed by atoms with E-state index in [9.17, 15) is 9.90 Å². The zero-order valence-corrected chi connectivity index (χ0v) is 14.6. The second kappa shape index (κ2) is 12.0. The van der Waals surface area contributed by atoms with E-state index in [1.54, 1.807) is 0 Å². The number of carboxylic acid groups (broad SMARTS) is 1. The minimum Gasteiger partial charge on any atom is -0.480 e. The van der Waals surface area contributed by atoms with Crippen LogP contribution in [0.2, 0.25) is 6.32 Å². The predicted molar refractivity (Wildman–Crippen MR) is 97.0 cm³/mol. The number of nitrogens with one attached hydrogen (secondary N) is 1. The van der Waals surface area contributed by atoms with E-state index in [2.05, 4.69) is 5.32 Å². The van der Waals surface area contributed by atoms with Gasteiger partial charge in [0.15, 0.2) is 0 Å². The minimum absolute atomic E-state index is 0.222. The summed E-state index contributed by atoms with van der Waals surface area (Å²) in [7, 11) is -1.36. The molecule has 0 heterocycles. The normalized spacial score (nSPS) is 13.4. The van der Waals surface area contributed by atoms with Crippen LogP contribution in [0.5, 0.6) is 0 Å². The van der Waals surface area contributed by atoms with Gasteiger partial charge in [-0.2, -0.15) is 0 Å². The summed E-state index contributed by atoms with van der Waals surface area (Å²) in [6.07, 6.45) is 1.78. The second-order valence-electron chi connectivity index (χ2n) is 6.21. The van der Waals surface area contributed by atoms with E-state index in [1.807, 2.05) is 30.3 Å². The number of carboxylic acids is 1. The Balaban J connectivity index is 2.14. The summed E-state index contributed by atoms with van der Waals surface area (Å²) in [4.78, 5) is 11.4. The van der Waals surface area contributed by atoms with Gasteiger partial charge in [0.05, 0.1) is 6.61 Å². The summed E-state index contributed by atoms with van der Waals surface area (Å²) in [5.74, 6) is -1.05. The number of aliphatic carboxylic acids is 1. The van der Waals surface area contributed by atoms with Crippen LogP contribution in [0.4, 0.5) is 0 Å². The number of carbonyl (C=O) groups is 1. The van der Waals surface area contributed by atoms with Crippen LogP contribution in [0.3, 0.4) is 0 Å². The molecule has 1 rings (SSSR count). The van der Waals surface area contributed by atoms with Gasteiger partial charge in [0, 0.05) is 19.7 Å². The lowest BCUT2D eigenvalue weighted by atomic mass is 9.81. The molecule has 0 aliphatic heterocycles. The van der Waals surface area contributed by atoms with Crippen molar-refractivity contribution in [1.29, 1.82) is 0 Å². The van der Waals surface area contributed by atoms with Crippen molar-refractivity contribution in [1.82, 2.24) is 5.32 Å². The van der Waals surface area contributed by atoms with Crippen LogP contribution in [0.25, 0.3) is 0 Å². The standard InChI is InChI=1S/C17H29BN2O5/c19-17(16(21)22,8-4-5-10-18(23)24)9-12-25-13-11-20-14-15-6-2-1-3-7-15/h1-3,6-7,20,23-24H,4-5,8-14,19H2,(H,21,22). The smallest absolute Gasteiger partial charge is 0.451 e. The first kappa shape index (κ1) is 21.6. The highest BCUT2D eigenvalue weighted by molar-refractivity contribution is 6.40. The molecule has 0 saturated heterocycles. The Labute approximate surface area is 149 Å². The molecule has 25 heavy (non-hydrogen) atoms. The molecule has 1 aromatic rings. The lowest BCUT2D eigenvalue weighted by molar-refractivity contribution is -0.144. The lowest BCUT2D eigenvalue weighted by Crippen LogP contribution is -2.48. The van der Waals surface area contributed by atoms with Crippen molar-refractivity contribution >= 4 is 13.1 Å². The summed E-state index contributed by atoms with van der Waals surface area (Å²) >= 11 is 0. The van der Waals surface area contributed by atoms with Crippen molar-refractivity contribution in [2.24, 2.45) is 5.73 Å². The maximum atomic E-state index is 11.4. The Morgan fingerprint density at radius 1 is 1.16 bits per heavy atom. The van der Waals surface area contributed by atoms with Crippen molar-refractivity contribution in [3.05, 3.63) is 35.9 Å². The van der Waals surface area contributed by atoms with E-state index in [0.29, 0.717) is 26.0 Å². The maximum absolute atomic E-state index is 11.4. The zero-order chi connectivity index (χ0) is 18.5. The van der Waals surface area contributed by atoms with E-state index < -0.39 is 18.6 Å². The number of unbranched alkanes of at least 4 members (excludes halogenated alkanes) is 1. The van der Waals surface area contributed by atoms with Crippen molar-refractivity contribution in [3.63, 3.8) is 0 Å². The molecule has 0 saturated carbocycles. The Hall–Kier alpha value is -1.45. The van der Waals surface area contributed by atoms with Gasteiger partial charge in [0.2, 0.25) is 0 Å². The van der Waals surface area contributed by atoms with E-state index in [-0.39, 0.29) is 25.8 Å². The Morgan fingerprint density at radius 2 is 1.88 bits per heavy atom. The van der Waals surface area contributed by atoms with Gasteiger partial charge in [-0.3, -0.25) is 4.79 Å². The molecule has 1 atom stereocenters. The molecule has 7 nitrogen and oxygen atoms in total. The second-order valence-corrected chi connectivity index (χ2v) is 6.21. The molecule has 0 fully saturated rings. The molecule has 8 heteroatoms. The summed E-state index contributed by atoms with van der Waals surface area (Å²) in [5.41, 5.74) is 5.82. The fourth-order valence-corrected chi connectivity index (χ4v) is 2.44. The Bertz CT molecular complexity index is 489. The number of nitrogens with two attached hydrogens (primary N) is 1.